The predicted molar refractivity (Wildman–Crippen MR) is 92.8 cm³/mol. The smallest absolute Gasteiger partial charge is 0.0833 e. The van der Waals surface area contributed by atoms with Gasteiger partial charge in [0.1, 0.15) is 0 Å². The second-order valence-electron chi connectivity index (χ2n) is 7.01. The minimum atomic E-state index is 0.121. The number of aromatic nitrogens is 1. The van der Waals surface area contributed by atoms with Gasteiger partial charge in [-0.3, -0.25) is 0 Å². The highest BCUT2D eigenvalue weighted by molar-refractivity contribution is 5.85. The van der Waals surface area contributed by atoms with Crippen LogP contribution in [0.3, 0.4) is 0 Å². The second kappa shape index (κ2) is 6.17. The van der Waals surface area contributed by atoms with Crippen molar-refractivity contribution in [1.82, 2.24) is 4.57 Å². The van der Waals surface area contributed by atoms with Gasteiger partial charge >= 0.3 is 0 Å². The zero-order chi connectivity index (χ0) is 15.8. The summed E-state index contributed by atoms with van der Waals surface area (Å²) >= 11 is 0. The van der Waals surface area contributed by atoms with E-state index in [0.717, 1.165) is 44.1 Å². The molecule has 23 heavy (non-hydrogen) atoms. The third-order valence-corrected chi connectivity index (χ3v) is 5.41. The number of nitrogens with zero attached hydrogens (tertiary/aromatic N) is 2. The van der Waals surface area contributed by atoms with Gasteiger partial charge in [-0.25, -0.2) is 0 Å². The number of methoxy groups -OCH3 is 1. The van der Waals surface area contributed by atoms with Gasteiger partial charge in [-0.15, -0.1) is 0 Å². The van der Waals surface area contributed by atoms with E-state index in [1.807, 2.05) is 7.11 Å². The van der Waals surface area contributed by atoms with Crippen molar-refractivity contribution < 1.29 is 9.84 Å². The average molecular weight is 314 g/mol. The summed E-state index contributed by atoms with van der Waals surface area (Å²) in [6.07, 6.45) is 5.26. The fourth-order valence-electron chi connectivity index (χ4n) is 3.75. The summed E-state index contributed by atoms with van der Waals surface area (Å²) in [6.45, 7) is 3.28. The third kappa shape index (κ3) is 2.98. The average Bonchev–Trinajstić information content (AvgIpc) is 3.35. The maximum Gasteiger partial charge on any atom is 0.0833 e. The van der Waals surface area contributed by atoms with Gasteiger partial charge in [-0.2, -0.15) is 0 Å². The van der Waals surface area contributed by atoms with Gasteiger partial charge in [-0.1, -0.05) is 6.07 Å². The summed E-state index contributed by atoms with van der Waals surface area (Å²) in [5.41, 5.74) is 3.61. The molecule has 1 aromatic heterocycles. The number of aliphatic hydroxyl groups excluding tert-OH is 1. The number of fused-ring (bicyclic) bond motifs is 1. The van der Waals surface area contributed by atoms with Crippen molar-refractivity contribution >= 4 is 16.6 Å². The zero-order valence-electron chi connectivity index (χ0n) is 13.9. The molecule has 0 atom stereocenters. The zero-order valence-corrected chi connectivity index (χ0v) is 13.9. The van der Waals surface area contributed by atoms with Crippen molar-refractivity contribution in [2.45, 2.75) is 44.9 Å². The molecule has 2 fully saturated rings. The molecule has 0 bridgehead atoms. The van der Waals surface area contributed by atoms with E-state index in [1.54, 1.807) is 0 Å². The number of anilines is 1. The molecule has 0 amide bonds. The van der Waals surface area contributed by atoms with Crippen LogP contribution in [0.5, 0.6) is 0 Å². The molecule has 2 aromatic rings. The van der Waals surface area contributed by atoms with Crippen LogP contribution in [0, 0.1) is 5.92 Å². The Bertz CT molecular complexity index is 682. The molecule has 0 unspecified atom stereocenters. The lowest BCUT2D eigenvalue weighted by molar-refractivity contribution is 0.0819. The number of ether oxygens (including phenoxy) is 1. The van der Waals surface area contributed by atoms with E-state index in [9.17, 15) is 5.11 Å². The minimum absolute atomic E-state index is 0.121. The highest BCUT2D eigenvalue weighted by atomic mass is 16.5. The van der Waals surface area contributed by atoms with Gasteiger partial charge in [0.15, 0.2) is 0 Å². The topological polar surface area (TPSA) is 37.6 Å². The van der Waals surface area contributed by atoms with E-state index in [-0.39, 0.29) is 6.61 Å². The maximum absolute atomic E-state index is 9.68. The molecule has 1 N–H and O–H groups in total. The summed E-state index contributed by atoms with van der Waals surface area (Å²) in [5.74, 6) is 0.803. The summed E-state index contributed by atoms with van der Waals surface area (Å²) in [5, 5.41) is 10.9. The minimum Gasteiger partial charge on any atom is -0.390 e. The van der Waals surface area contributed by atoms with Crippen LogP contribution in [0.25, 0.3) is 10.9 Å². The molecular formula is C19H26N2O2. The van der Waals surface area contributed by atoms with E-state index in [4.69, 9.17) is 4.74 Å². The molecule has 0 radical (unpaired) electrons. The molecule has 1 saturated heterocycles. The molecule has 2 aliphatic rings. The van der Waals surface area contributed by atoms with Crippen molar-refractivity contribution in [3.05, 3.63) is 30.0 Å². The van der Waals surface area contributed by atoms with E-state index in [2.05, 4.69) is 33.7 Å². The highest BCUT2D eigenvalue weighted by Gasteiger charge is 2.24. The van der Waals surface area contributed by atoms with Gasteiger partial charge in [-0.05, 0) is 49.8 Å². The SMILES string of the molecule is COC1CCN(c2ccc3cc(CO)n(CC4CC4)c3c2)CC1. The predicted octanol–water partition coefficient (Wildman–Crippen LogP) is 3.16. The Morgan fingerprint density at radius 2 is 1.91 bits per heavy atom. The lowest BCUT2D eigenvalue weighted by Crippen LogP contribution is -2.36. The molecule has 1 aliphatic heterocycles. The monoisotopic (exact) mass is 314 g/mol. The van der Waals surface area contributed by atoms with E-state index in [1.165, 1.54) is 29.4 Å². The quantitative estimate of drug-likeness (QED) is 0.921. The molecular weight excluding hydrogens is 288 g/mol. The molecule has 4 rings (SSSR count). The van der Waals surface area contributed by atoms with Gasteiger partial charge in [0.2, 0.25) is 0 Å². The van der Waals surface area contributed by atoms with Gasteiger partial charge in [0.25, 0.3) is 0 Å². The molecule has 1 aliphatic carbocycles. The van der Waals surface area contributed by atoms with Crippen LogP contribution in [0.2, 0.25) is 0 Å². The summed E-state index contributed by atoms with van der Waals surface area (Å²) in [4.78, 5) is 2.46. The van der Waals surface area contributed by atoms with Gasteiger partial charge < -0.3 is 19.3 Å². The van der Waals surface area contributed by atoms with E-state index in [0.29, 0.717) is 6.10 Å². The summed E-state index contributed by atoms with van der Waals surface area (Å²) < 4.78 is 7.81. The third-order valence-electron chi connectivity index (χ3n) is 5.41. The number of hydrogen-bond acceptors (Lipinski definition) is 3. The Balaban J connectivity index is 1.63. The molecule has 4 nitrogen and oxygen atoms in total. The first-order valence-corrected chi connectivity index (χ1v) is 8.79. The van der Waals surface area contributed by atoms with E-state index >= 15 is 0 Å². The van der Waals surface area contributed by atoms with Crippen LogP contribution < -0.4 is 4.90 Å². The van der Waals surface area contributed by atoms with Crippen LogP contribution in [-0.2, 0) is 17.9 Å². The largest absolute Gasteiger partial charge is 0.390 e. The van der Waals surface area contributed by atoms with Crippen molar-refractivity contribution in [2.24, 2.45) is 5.92 Å². The fraction of sp³-hybridized carbons (Fsp3) is 0.579. The Hall–Kier alpha value is -1.52. The molecule has 0 spiro atoms. The van der Waals surface area contributed by atoms with Crippen LogP contribution in [0.4, 0.5) is 5.69 Å². The first kappa shape index (κ1) is 15.0. The number of hydrogen-bond donors (Lipinski definition) is 1. The summed E-state index contributed by atoms with van der Waals surface area (Å²) in [7, 11) is 1.81. The first-order chi connectivity index (χ1) is 11.3. The standard InChI is InChI=1S/C19H26N2O2/c1-23-18-6-8-20(9-7-18)16-5-4-15-10-17(13-22)21(19(15)11-16)12-14-2-3-14/h4-5,10-11,14,18,22H,2-3,6-9,12-13H2,1H3. The Kier molecular flexibility index (Phi) is 4.04. The fourth-order valence-corrected chi connectivity index (χ4v) is 3.75. The Morgan fingerprint density at radius 3 is 2.57 bits per heavy atom. The van der Waals surface area contributed by atoms with Crippen molar-refractivity contribution in [3.8, 4) is 0 Å². The van der Waals surface area contributed by atoms with Gasteiger partial charge in [0.05, 0.1) is 18.2 Å². The lowest BCUT2D eigenvalue weighted by atomic mass is 10.1. The molecule has 1 aromatic carbocycles. The Labute approximate surface area is 137 Å². The second-order valence-corrected chi connectivity index (χ2v) is 7.01. The molecule has 124 valence electrons. The molecule has 4 heteroatoms. The molecule has 2 heterocycles. The van der Waals surface area contributed by atoms with Crippen LogP contribution in [-0.4, -0.2) is 36.0 Å². The first-order valence-electron chi connectivity index (χ1n) is 8.79. The maximum atomic E-state index is 9.68. The highest BCUT2D eigenvalue weighted by Crippen LogP contribution is 2.34. The van der Waals surface area contributed by atoms with Crippen LogP contribution in [0.1, 0.15) is 31.4 Å². The number of benzene rings is 1. The normalized spacial score (nSPS) is 19.7. The van der Waals surface area contributed by atoms with Crippen molar-refractivity contribution in [2.75, 3.05) is 25.1 Å². The van der Waals surface area contributed by atoms with Crippen LogP contribution in [0.15, 0.2) is 24.3 Å². The van der Waals surface area contributed by atoms with Gasteiger partial charge in [0, 0.05) is 43.5 Å². The van der Waals surface area contributed by atoms with E-state index < -0.39 is 0 Å². The summed E-state index contributed by atoms with van der Waals surface area (Å²) in [6, 6.07) is 8.87. The van der Waals surface area contributed by atoms with Crippen LogP contribution >= 0.6 is 0 Å². The van der Waals surface area contributed by atoms with Crippen molar-refractivity contribution in [1.29, 1.82) is 0 Å². The lowest BCUT2D eigenvalue weighted by Gasteiger charge is -2.33. The number of aliphatic hydroxyl groups is 1. The van der Waals surface area contributed by atoms with Crippen molar-refractivity contribution in [3.63, 3.8) is 0 Å². The molecule has 1 saturated carbocycles. The Morgan fingerprint density at radius 1 is 1.13 bits per heavy atom. The number of rotatable bonds is 5. The number of piperidine rings is 1.